The third-order valence-electron chi connectivity index (χ3n) is 0.526. The standard InChI is InChI=1S/C2H5N5/c3-2-1-5-7(4)6-2/h1H,4H2,(H2,3,6). The van der Waals surface area contributed by atoms with Gasteiger partial charge in [0.05, 0.1) is 6.20 Å². The van der Waals surface area contributed by atoms with Crippen molar-refractivity contribution >= 4 is 5.82 Å². The minimum Gasteiger partial charge on any atom is -0.381 e. The summed E-state index contributed by atoms with van der Waals surface area (Å²) in [7, 11) is 0. The fourth-order valence-corrected chi connectivity index (χ4v) is 0.288. The van der Waals surface area contributed by atoms with E-state index in [1.165, 1.54) is 6.20 Å². The number of nitrogen functional groups attached to an aromatic ring is 2. The highest BCUT2D eigenvalue weighted by Crippen LogP contribution is 1.83. The molecule has 0 atom stereocenters. The van der Waals surface area contributed by atoms with Crippen LogP contribution < -0.4 is 11.6 Å². The SMILES string of the molecule is Nc1cnn(N)n1. The van der Waals surface area contributed by atoms with E-state index in [1.807, 2.05) is 0 Å². The Morgan fingerprint density at radius 1 is 1.71 bits per heavy atom. The Labute approximate surface area is 39.9 Å². The molecule has 0 spiro atoms. The van der Waals surface area contributed by atoms with E-state index in [1.54, 1.807) is 0 Å². The number of anilines is 1. The first kappa shape index (κ1) is 3.91. The molecule has 0 aromatic carbocycles. The zero-order chi connectivity index (χ0) is 5.28. The van der Waals surface area contributed by atoms with Crippen molar-refractivity contribution in [3.8, 4) is 0 Å². The Morgan fingerprint density at radius 2 is 2.43 bits per heavy atom. The van der Waals surface area contributed by atoms with Gasteiger partial charge in [-0.1, -0.05) is 4.91 Å². The molecule has 5 nitrogen and oxygen atoms in total. The summed E-state index contributed by atoms with van der Waals surface area (Å²) in [6, 6.07) is 0. The molecule has 0 aliphatic rings. The molecule has 1 aromatic rings. The maximum atomic E-state index is 5.10. The molecular formula is C2H5N5. The van der Waals surface area contributed by atoms with Gasteiger partial charge >= 0.3 is 0 Å². The van der Waals surface area contributed by atoms with E-state index in [-0.39, 0.29) is 0 Å². The smallest absolute Gasteiger partial charge is 0.168 e. The van der Waals surface area contributed by atoms with Gasteiger partial charge in [-0.05, 0) is 0 Å². The molecule has 1 aromatic heterocycles. The van der Waals surface area contributed by atoms with Crippen molar-refractivity contribution in [2.24, 2.45) is 0 Å². The summed E-state index contributed by atoms with van der Waals surface area (Å²) in [6.07, 6.45) is 1.38. The summed E-state index contributed by atoms with van der Waals surface area (Å²) < 4.78 is 0. The molecular weight excluding hydrogens is 94.1 g/mol. The molecule has 38 valence electrons. The lowest BCUT2D eigenvalue weighted by molar-refractivity contribution is 0.710. The van der Waals surface area contributed by atoms with Crippen molar-refractivity contribution in [2.45, 2.75) is 0 Å². The van der Waals surface area contributed by atoms with Crippen molar-refractivity contribution in [3.63, 3.8) is 0 Å². The van der Waals surface area contributed by atoms with Crippen LogP contribution in [0.3, 0.4) is 0 Å². The quantitative estimate of drug-likeness (QED) is 0.391. The fraction of sp³-hybridized carbons (Fsp3) is 0. The molecule has 0 bridgehead atoms. The zero-order valence-electron chi connectivity index (χ0n) is 3.57. The molecule has 0 unspecified atom stereocenters. The van der Waals surface area contributed by atoms with Crippen LogP contribution in [0.25, 0.3) is 0 Å². The van der Waals surface area contributed by atoms with Crippen molar-refractivity contribution in [3.05, 3.63) is 6.20 Å². The predicted molar refractivity (Wildman–Crippen MR) is 24.6 cm³/mol. The first-order valence-corrected chi connectivity index (χ1v) is 1.72. The average Bonchev–Trinajstić information content (AvgIpc) is 1.87. The maximum absolute atomic E-state index is 5.10. The van der Waals surface area contributed by atoms with Gasteiger partial charge in [-0.25, -0.2) is 0 Å². The number of nitrogens with zero attached hydrogens (tertiary/aromatic N) is 3. The second-order valence-corrected chi connectivity index (χ2v) is 1.09. The van der Waals surface area contributed by atoms with Gasteiger partial charge < -0.3 is 11.6 Å². The van der Waals surface area contributed by atoms with Gasteiger partial charge in [0.25, 0.3) is 0 Å². The second kappa shape index (κ2) is 1.11. The van der Waals surface area contributed by atoms with Crippen LogP contribution in [-0.4, -0.2) is 15.1 Å². The average molecular weight is 99.1 g/mol. The van der Waals surface area contributed by atoms with Gasteiger partial charge in [0, 0.05) is 0 Å². The molecule has 0 amide bonds. The molecule has 0 aliphatic carbocycles. The Bertz CT molecular complexity index is 138. The molecule has 5 heteroatoms. The van der Waals surface area contributed by atoms with Gasteiger partial charge in [-0.3, -0.25) is 0 Å². The van der Waals surface area contributed by atoms with Gasteiger partial charge in [0.15, 0.2) is 5.82 Å². The molecule has 0 saturated carbocycles. The summed E-state index contributed by atoms with van der Waals surface area (Å²) in [5.41, 5.74) is 5.10. The molecule has 1 heterocycles. The molecule has 0 fully saturated rings. The lowest BCUT2D eigenvalue weighted by Crippen LogP contribution is -2.11. The van der Waals surface area contributed by atoms with E-state index in [4.69, 9.17) is 11.6 Å². The molecule has 0 radical (unpaired) electrons. The lowest BCUT2D eigenvalue weighted by Gasteiger charge is -1.77. The number of nitrogens with two attached hydrogens (primary N) is 2. The van der Waals surface area contributed by atoms with Gasteiger partial charge in [-0.15, -0.1) is 10.2 Å². The zero-order valence-corrected chi connectivity index (χ0v) is 3.57. The van der Waals surface area contributed by atoms with E-state index in [0.29, 0.717) is 5.82 Å². The Kier molecular flexibility index (Phi) is 0.619. The number of rotatable bonds is 0. The topological polar surface area (TPSA) is 82.8 Å². The lowest BCUT2D eigenvalue weighted by atomic mass is 10.8. The first-order chi connectivity index (χ1) is 3.29. The van der Waals surface area contributed by atoms with Gasteiger partial charge in [0.2, 0.25) is 0 Å². The predicted octanol–water partition coefficient (Wildman–Crippen LogP) is -1.43. The fourth-order valence-electron chi connectivity index (χ4n) is 0.288. The molecule has 0 aliphatic heterocycles. The van der Waals surface area contributed by atoms with Crippen LogP contribution in [0.4, 0.5) is 5.82 Å². The Balaban J connectivity index is 3.04. The van der Waals surface area contributed by atoms with Crippen molar-refractivity contribution in [1.82, 2.24) is 15.1 Å². The van der Waals surface area contributed by atoms with E-state index in [0.717, 1.165) is 4.91 Å². The highest BCUT2D eigenvalue weighted by Gasteiger charge is 1.84. The van der Waals surface area contributed by atoms with Crippen molar-refractivity contribution in [1.29, 1.82) is 0 Å². The van der Waals surface area contributed by atoms with Crippen LogP contribution in [0, 0.1) is 0 Å². The highest BCUT2D eigenvalue weighted by atomic mass is 15.6. The summed E-state index contributed by atoms with van der Waals surface area (Å²) in [4.78, 5) is 0.912. The van der Waals surface area contributed by atoms with Crippen LogP contribution in [0.1, 0.15) is 0 Å². The van der Waals surface area contributed by atoms with E-state index >= 15 is 0 Å². The highest BCUT2D eigenvalue weighted by molar-refractivity contribution is 5.19. The number of hydrogen-bond donors (Lipinski definition) is 2. The van der Waals surface area contributed by atoms with Crippen LogP contribution in [-0.2, 0) is 0 Å². The van der Waals surface area contributed by atoms with Crippen LogP contribution in [0.2, 0.25) is 0 Å². The monoisotopic (exact) mass is 99.1 g/mol. The Morgan fingerprint density at radius 3 is 2.57 bits per heavy atom. The van der Waals surface area contributed by atoms with E-state index in [9.17, 15) is 0 Å². The maximum Gasteiger partial charge on any atom is 0.168 e. The molecule has 0 saturated heterocycles. The van der Waals surface area contributed by atoms with Gasteiger partial charge in [0.1, 0.15) is 0 Å². The molecule has 7 heavy (non-hydrogen) atoms. The van der Waals surface area contributed by atoms with Crippen LogP contribution in [0.5, 0.6) is 0 Å². The van der Waals surface area contributed by atoms with E-state index < -0.39 is 0 Å². The largest absolute Gasteiger partial charge is 0.381 e. The van der Waals surface area contributed by atoms with Gasteiger partial charge in [-0.2, -0.15) is 0 Å². The Hall–Kier alpha value is -1.26. The van der Waals surface area contributed by atoms with Crippen molar-refractivity contribution in [2.75, 3.05) is 11.6 Å². The minimum atomic E-state index is 0.336. The summed E-state index contributed by atoms with van der Waals surface area (Å²) in [5.74, 6) is 5.33. The van der Waals surface area contributed by atoms with E-state index in [2.05, 4.69) is 10.2 Å². The van der Waals surface area contributed by atoms with Crippen LogP contribution >= 0.6 is 0 Å². The first-order valence-electron chi connectivity index (χ1n) is 1.72. The number of hydrogen-bond acceptors (Lipinski definition) is 4. The number of aromatic nitrogens is 3. The van der Waals surface area contributed by atoms with Crippen LogP contribution in [0.15, 0.2) is 6.20 Å². The molecule has 1 rings (SSSR count). The minimum absolute atomic E-state index is 0.336. The summed E-state index contributed by atoms with van der Waals surface area (Å²) in [6.45, 7) is 0. The third-order valence-corrected chi connectivity index (χ3v) is 0.526. The second-order valence-electron chi connectivity index (χ2n) is 1.09. The normalized spacial score (nSPS) is 9.14. The summed E-state index contributed by atoms with van der Waals surface area (Å²) in [5, 5.41) is 6.95. The van der Waals surface area contributed by atoms with Crippen molar-refractivity contribution < 1.29 is 0 Å². The third kappa shape index (κ3) is 0.594. The summed E-state index contributed by atoms with van der Waals surface area (Å²) >= 11 is 0. The molecule has 4 N–H and O–H groups in total.